The highest BCUT2D eigenvalue weighted by molar-refractivity contribution is 5.69. The Hall–Kier alpha value is -1.33. The number of carbonyl (C=O) groups excluding carboxylic acids is 1. The molecule has 6 unspecified atom stereocenters. The number of allylic oxidation sites excluding steroid dienone is 4. The van der Waals surface area contributed by atoms with Gasteiger partial charge in [0, 0.05) is 13.0 Å². The monoisotopic (exact) mass is 656 g/mol. The molecular weight excluding hydrogens is 588 g/mol. The zero-order chi connectivity index (χ0) is 33.7. The van der Waals surface area contributed by atoms with Gasteiger partial charge in [0.2, 0.25) is 0 Å². The molecule has 0 bridgehead atoms. The second kappa shape index (κ2) is 29.8. The van der Waals surface area contributed by atoms with Gasteiger partial charge in [-0.3, -0.25) is 4.79 Å². The van der Waals surface area contributed by atoms with E-state index < -0.39 is 43.4 Å². The summed E-state index contributed by atoms with van der Waals surface area (Å²) in [6.45, 7) is 4.39. The highest BCUT2D eigenvalue weighted by Crippen LogP contribution is 2.22. The van der Waals surface area contributed by atoms with Crippen molar-refractivity contribution in [1.82, 2.24) is 0 Å². The van der Waals surface area contributed by atoms with Gasteiger partial charge >= 0.3 is 5.97 Å². The van der Waals surface area contributed by atoms with E-state index in [1.54, 1.807) is 0 Å². The number of ether oxygens (including phenoxy) is 4. The molecule has 0 aromatic heterocycles. The largest absolute Gasteiger partial charge is 0.457 e. The first-order chi connectivity index (χ1) is 22.4. The first-order valence-corrected chi connectivity index (χ1v) is 18.4. The number of esters is 1. The maximum absolute atomic E-state index is 12.4. The summed E-state index contributed by atoms with van der Waals surface area (Å²) in [5.41, 5.74) is 0. The van der Waals surface area contributed by atoms with Gasteiger partial charge in [0.05, 0.1) is 19.8 Å². The van der Waals surface area contributed by atoms with Crippen molar-refractivity contribution in [3.8, 4) is 0 Å². The van der Waals surface area contributed by atoms with Gasteiger partial charge in [-0.1, -0.05) is 115 Å². The predicted octanol–water partition coefficient (Wildman–Crippen LogP) is 6.69. The Labute approximate surface area is 279 Å². The van der Waals surface area contributed by atoms with Crippen LogP contribution >= 0.6 is 0 Å². The lowest BCUT2D eigenvalue weighted by Gasteiger charge is -2.39. The molecule has 1 saturated heterocycles. The van der Waals surface area contributed by atoms with Crippen molar-refractivity contribution in [2.45, 2.75) is 179 Å². The molecule has 1 rings (SSSR count). The average molecular weight is 657 g/mol. The van der Waals surface area contributed by atoms with Crippen LogP contribution in [0.4, 0.5) is 0 Å². The van der Waals surface area contributed by atoms with Gasteiger partial charge in [0.25, 0.3) is 0 Å². The molecule has 0 amide bonds. The van der Waals surface area contributed by atoms with Crippen LogP contribution in [-0.4, -0.2) is 89.6 Å². The molecule has 0 radical (unpaired) electrons. The number of unbranched alkanes of at least 4 members (excludes halogenated alkanes) is 15. The minimum absolute atomic E-state index is 0.116. The van der Waals surface area contributed by atoms with Crippen molar-refractivity contribution in [2.24, 2.45) is 0 Å². The molecule has 0 aromatic carbocycles. The fourth-order valence-corrected chi connectivity index (χ4v) is 5.40. The van der Waals surface area contributed by atoms with Crippen LogP contribution in [0.3, 0.4) is 0 Å². The van der Waals surface area contributed by atoms with Gasteiger partial charge in [0.15, 0.2) is 6.29 Å². The van der Waals surface area contributed by atoms with Crippen LogP contribution in [0.5, 0.6) is 0 Å². The first kappa shape index (κ1) is 42.7. The molecule has 0 spiro atoms. The third-order valence-corrected chi connectivity index (χ3v) is 8.37. The van der Waals surface area contributed by atoms with E-state index in [-0.39, 0.29) is 19.2 Å². The van der Waals surface area contributed by atoms with Crippen molar-refractivity contribution >= 4 is 5.97 Å². The quantitative estimate of drug-likeness (QED) is 0.0379. The number of hydrogen-bond acceptors (Lipinski definition) is 9. The van der Waals surface area contributed by atoms with E-state index in [1.165, 1.54) is 77.0 Å². The summed E-state index contributed by atoms with van der Waals surface area (Å²) in [6.07, 6.45) is 24.1. The molecule has 46 heavy (non-hydrogen) atoms. The Kier molecular flexibility index (Phi) is 27.6. The lowest BCUT2D eigenvalue weighted by molar-refractivity contribution is -0.305. The van der Waals surface area contributed by atoms with Gasteiger partial charge in [-0.2, -0.15) is 0 Å². The Morgan fingerprint density at radius 1 is 0.696 bits per heavy atom. The first-order valence-electron chi connectivity index (χ1n) is 18.4. The zero-order valence-electron chi connectivity index (χ0n) is 29.1. The van der Waals surface area contributed by atoms with Crippen LogP contribution in [0.15, 0.2) is 24.3 Å². The third-order valence-electron chi connectivity index (χ3n) is 8.37. The zero-order valence-corrected chi connectivity index (χ0v) is 29.1. The number of aliphatic hydroxyl groups is 4. The van der Waals surface area contributed by atoms with Crippen molar-refractivity contribution in [3.05, 3.63) is 24.3 Å². The SMILES string of the molecule is CCCCCC/C=C\C/C=C\CCCCCCCCCCOCC(COC1OC(CO)C(O)C(O)C1O)OC(=O)CCCCCC. The summed E-state index contributed by atoms with van der Waals surface area (Å²) in [5, 5.41) is 39.7. The van der Waals surface area contributed by atoms with Crippen LogP contribution in [-0.2, 0) is 23.7 Å². The van der Waals surface area contributed by atoms with Gasteiger partial charge in [0.1, 0.15) is 30.5 Å². The molecule has 0 saturated carbocycles. The average Bonchev–Trinajstić information content (AvgIpc) is 3.05. The van der Waals surface area contributed by atoms with E-state index >= 15 is 0 Å². The van der Waals surface area contributed by atoms with Crippen LogP contribution in [0.25, 0.3) is 0 Å². The highest BCUT2D eigenvalue weighted by Gasteiger charge is 2.44. The molecule has 4 N–H and O–H groups in total. The molecule has 0 aromatic rings. The van der Waals surface area contributed by atoms with E-state index in [4.69, 9.17) is 18.9 Å². The molecule has 6 atom stereocenters. The number of hydrogen-bond donors (Lipinski definition) is 4. The van der Waals surface area contributed by atoms with E-state index in [9.17, 15) is 25.2 Å². The molecule has 9 nitrogen and oxygen atoms in total. The van der Waals surface area contributed by atoms with Crippen LogP contribution in [0.2, 0.25) is 0 Å². The molecule has 1 aliphatic rings. The van der Waals surface area contributed by atoms with Crippen molar-refractivity contribution in [3.63, 3.8) is 0 Å². The summed E-state index contributed by atoms with van der Waals surface area (Å²) < 4.78 is 22.5. The van der Waals surface area contributed by atoms with Gasteiger partial charge < -0.3 is 39.4 Å². The van der Waals surface area contributed by atoms with Gasteiger partial charge in [-0.05, 0) is 44.9 Å². The molecular formula is C37H68O9. The third kappa shape index (κ3) is 21.5. The normalized spacial score (nSPS) is 22.6. The Bertz CT molecular complexity index is 757. The van der Waals surface area contributed by atoms with E-state index in [2.05, 4.69) is 38.2 Å². The minimum Gasteiger partial charge on any atom is -0.457 e. The van der Waals surface area contributed by atoms with Crippen LogP contribution < -0.4 is 0 Å². The predicted molar refractivity (Wildman–Crippen MR) is 182 cm³/mol. The van der Waals surface area contributed by atoms with Crippen molar-refractivity contribution in [2.75, 3.05) is 26.4 Å². The fourth-order valence-electron chi connectivity index (χ4n) is 5.40. The number of carbonyl (C=O) groups is 1. The van der Waals surface area contributed by atoms with Crippen molar-refractivity contribution in [1.29, 1.82) is 0 Å². The van der Waals surface area contributed by atoms with E-state index in [1.807, 2.05) is 0 Å². The van der Waals surface area contributed by atoms with Crippen LogP contribution in [0, 0.1) is 0 Å². The second-order valence-corrected chi connectivity index (χ2v) is 12.7. The standard InChI is InChI=1S/C37H68O9/c1-3-5-7-9-10-11-12-13-14-15-16-17-18-19-20-21-22-23-25-27-43-29-31(45-33(39)26-24-8-6-4-2)30-44-37-36(42)35(41)34(40)32(28-38)46-37/h11-12,14-15,31-32,34-38,40-42H,3-10,13,16-30H2,1-2H3/b12-11-,15-14-. The van der Waals surface area contributed by atoms with Gasteiger partial charge in [-0.25, -0.2) is 0 Å². The molecule has 9 heteroatoms. The van der Waals surface area contributed by atoms with E-state index in [0.717, 1.165) is 44.9 Å². The number of aliphatic hydroxyl groups excluding tert-OH is 4. The summed E-state index contributed by atoms with van der Waals surface area (Å²) >= 11 is 0. The Morgan fingerprint density at radius 2 is 1.26 bits per heavy atom. The summed E-state index contributed by atoms with van der Waals surface area (Å²) in [6, 6.07) is 0. The fraction of sp³-hybridized carbons (Fsp3) is 0.865. The summed E-state index contributed by atoms with van der Waals surface area (Å²) in [4.78, 5) is 12.4. The Morgan fingerprint density at radius 3 is 1.87 bits per heavy atom. The lowest BCUT2D eigenvalue weighted by atomic mass is 9.99. The summed E-state index contributed by atoms with van der Waals surface area (Å²) in [5.74, 6) is -0.334. The van der Waals surface area contributed by atoms with Gasteiger partial charge in [-0.15, -0.1) is 0 Å². The second-order valence-electron chi connectivity index (χ2n) is 12.7. The molecule has 1 heterocycles. The molecule has 1 aliphatic heterocycles. The molecule has 270 valence electrons. The van der Waals surface area contributed by atoms with E-state index in [0.29, 0.717) is 13.0 Å². The Balaban J connectivity index is 2.19. The number of rotatable bonds is 30. The minimum atomic E-state index is -1.53. The maximum Gasteiger partial charge on any atom is 0.306 e. The topological polar surface area (TPSA) is 135 Å². The maximum atomic E-state index is 12.4. The van der Waals surface area contributed by atoms with Crippen LogP contribution in [0.1, 0.15) is 142 Å². The molecule has 1 fully saturated rings. The smallest absolute Gasteiger partial charge is 0.306 e. The lowest BCUT2D eigenvalue weighted by Crippen LogP contribution is -2.59. The molecule has 0 aliphatic carbocycles. The highest BCUT2D eigenvalue weighted by atomic mass is 16.7. The summed E-state index contributed by atoms with van der Waals surface area (Å²) in [7, 11) is 0. The van der Waals surface area contributed by atoms with Crippen molar-refractivity contribution < 1.29 is 44.2 Å².